The molecule has 21 heavy (non-hydrogen) atoms. The summed E-state index contributed by atoms with van der Waals surface area (Å²) in [5.74, 6) is -2.79. The summed E-state index contributed by atoms with van der Waals surface area (Å²) in [6.45, 7) is 2.15. The van der Waals surface area contributed by atoms with E-state index in [-0.39, 0.29) is 5.91 Å². The lowest BCUT2D eigenvalue weighted by molar-refractivity contribution is -0.147. The van der Waals surface area contributed by atoms with Gasteiger partial charge in [-0.15, -0.1) is 0 Å². The van der Waals surface area contributed by atoms with E-state index in [4.69, 9.17) is 4.74 Å². The lowest BCUT2D eigenvalue weighted by Gasteiger charge is -2.27. The second kappa shape index (κ2) is 5.00. The maximum absolute atomic E-state index is 12.4. The van der Waals surface area contributed by atoms with Gasteiger partial charge in [-0.05, 0) is 12.5 Å². The molecule has 1 saturated heterocycles. The number of amides is 1. The predicted molar refractivity (Wildman–Crippen MR) is 75.3 cm³/mol. The fraction of sp³-hybridized carbons (Fsp3) is 0.375. The second-order valence-corrected chi connectivity index (χ2v) is 5.67. The van der Waals surface area contributed by atoms with Gasteiger partial charge in [-0.25, -0.2) is 0 Å². The lowest BCUT2D eigenvalue weighted by Crippen LogP contribution is -2.46. The molecule has 1 aromatic rings. The Bertz CT molecular complexity index is 598. The molecule has 2 aliphatic heterocycles. The van der Waals surface area contributed by atoms with Crippen molar-refractivity contribution in [2.24, 2.45) is 11.8 Å². The third-order valence-corrected chi connectivity index (χ3v) is 4.21. The molecule has 2 aliphatic rings. The molecule has 3 rings (SSSR count). The van der Waals surface area contributed by atoms with E-state index in [1.807, 2.05) is 30.3 Å². The molecule has 5 nitrogen and oxygen atoms in total. The number of ether oxygens (including phenoxy) is 1. The van der Waals surface area contributed by atoms with Crippen LogP contribution in [-0.2, 0) is 20.9 Å². The first-order valence-corrected chi connectivity index (χ1v) is 6.93. The number of hydrogen-bond donors (Lipinski definition) is 2. The van der Waals surface area contributed by atoms with E-state index in [9.17, 15) is 14.7 Å². The number of rotatable bonds is 4. The van der Waals surface area contributed by atoms with Crippen molar-refractivity contribution in [2.75, 3.05) is 0 Å². The van der Waals surface area contributed by atoms with Crippen LogP contribution in [0.25, 0.3) is 0 Å². The van der Waals surface area contributed by atoms with E-state index >= 15 is 0 Å². The Labute approximate surface area is 122 Å². The van der Waals surface area contributed by atoms with Gasteiger partial charge in [0.25, 0.3) is 0 Å². The molecule has 1 amide bonds. The van der Waals surface area contributed by atoms with Crippen molar-refractivity contribution in [3.05, 3.63) is 48.0 Å². The lowest BCUT2D eigenvalue weighted by atomic mass is 9.75. The number of carboxylic acid groups (broad SMARTS) is 1. The molecule has 0 unspecified atom stereocenters. The summed E-state index contributed by atoms with van der Waals surface area (Å²) in [7, 11) is 0. The van der Waals surface area contributed by atoms with Crippen LogP contribution in [0.15, 0.2) is 42.5 Å². The Kier molecular flexibility index (Phi) is 3.29. The minimum Gasteiger partial charge on any atom is -0.481 e. The fourth-order valence-corrected chi connectivity index (χ4v) is 3.18. The van der Waals surface area contributed by atoms with Crippen molar-refractivity contribution in [2.45, 2.75) is 25.2 Å². The highest BCUT2D eigenvalue weighted by Gasteiger charge is 2.59. The van der Waals surface area contributed by atoms with Gasteiger partial charge in [0.05, 0.1) is 17.6 Å². The number of benzene rings is 1. The van der Waals surface area contributed by atoms with Crippen LogP contribution in [-0.4, -0.2) is 28.7 Å². The van der Waals surface area contributed by atoms with E-state index < -0.39 is 29.5 Å². The summed E-state index contributed by atoms with van der Waals surface area (Å²) in [6.07, 6.45) is 3.02. The largest absolute Gasteiger partial charge is 0.481 e. The zero-order chi connectivity index (χ0) is 15.0. The highest BCUT2D eigenvalue weighted by molar-refractivity contribution is 5.88. The maximum Gasteiger partial charge on any atom is 0.310 e. The fourth-order valence-electron chi connectivity index (χ4n) is 3.18. The van der Waals surface area contributed by atoms with Crippen molar-refractivity contribution in [1.29, 1.82) is 0 Å². The van der Waals surface area contributed by atoms with Crippen LogP contribution in [0.1, 0.15) is 12.5 Å². The van der Waals surface area contributed by atoms with Crippen molar-refractivity contribution in [3.8, 4) is 0 Å². The van der Waals surface area contributed by atoms with Crippen LogP contribution >= 0.6 is 0 Å². The first kappa shape index (κ1) is 13.8. The Balaban J connectivity index is 1.74. The molecule has 0 aliphatic carbocycles. The van der Waals surface area contributed by atoms with Gasteiger partial charge in [0.2, 0.25) is 5.91 Å². The number of carbonyl (C=O) groups excluding carboxylic acids is 1. The standard InChI is InChI=1S/C16H17NO4/c1-16-8-7-11(21-16)12(15(19)20)13(16)14(18)17-9-10-5-3-2-4-6-10/h2-8,11-13H,9H2,1H3,(H,17,18)(H,19,20)/t11-,12-,13+,16+/m1/s1. The second-order valence-electron chi connectivity index (χ2n) is 5.67. The molecular weight excluding hydrogens is 270 g/mol. The van der Waals surface area contributed by atoms with Gasteiger partial charge in [0, 0.05) is 6.54 Å². The number of fused-ring (bicyclic) bond motifs is 2. The number of hydrogen-bond acceptors (Lipinski definition) is 3. The van der Waals surface area contributed by atoms with Crippen LogP contribution in [0.3, 0.4) is 0 Å². The molecule has 5 heteroatoms. The number of nitrogens with one attached hydrogen (secondary N) is 1. The molecular formula is C16H17NO4. The molecule has 110 valence electrons. The quantitative estimate of drug-likeness (QED) is 0.820. The molecule has 2 bridgehead atoms. The average Bonchev–Trinajstić information content (AvgIpc) is 2.99. The van der Waals surface area contributed by atoms with E-state index in [2.05, 4.69) is 5.32 Å². The Morgan fingerprint density at radius 3 is 2.71 bits per heavy atom. The van der Waals surface area contributed by atoms with Gasteiger partial charge in [-0.3, -0.25) is 9.59 Å². The summed E-state index contributed by atoms with van der Waals surface area (Å²) < 4.78 is 5.67. The van der Waals surface area contributed by atoms with Crippen molar-refractivity contribution in [1.82, 2.24) is 5.32 Å². The molecule has 1 fully saturated rings. The predicted octanol–water partition coefficient (Wildman–Crippen LogP) is 1.35. The van der Waals surface area contributed by atoms with Gasteiger partial charge >= 0.3 is 5.97 Å². The first-order chi connectivity index (χ1) is 10.0. The van der Waals surface area contributed by atoms with Gasteiger partial charge in [0.1, 0.15) is 5.92 Å². The molecule has 1 aromatic carbocycles. The topological polar surface area (TPSA) is 75.6 Å². The molecule has 2 heterocycles. The summed E-state index contributed by atoms with van der Waals surface area (Å²) in [4.78, 5) is 23.9. The van der Waals surface area contributed by atoms with Crippen molar-refractivity contribution < 1.29 is 19.4 Å². The highest BCUT2D eigenvalue weighted by atomic mass is 16.5. The molecule has 2 N–H and O–H groups in total. The Morgan fingerprint density at radius 2 is 2.05 bits per heavy atom. The van der Waals surface area contributed by atoms with Gasteiger partial charge < -0.3 is 15.2 Å². The third kappa shape index (κ3) is 2.34. The van der Waals surface area contributed by atoms with Crippen molar-refractivity contribution >= 4 is 11.9 Å². The molecule has 4 atom stereocenters. The van der Waals surface area contributed by atoms with E-state index in [0.717, 1.165) is 5.56 Å². The van der Waals surface area contributed by atoms with E-state index in [0.29, 0.717) is 6.54 Å². The molecule has 0 aromatic heterocycles. The summed E-state index contributed by atoms with van der Waals surface area (Å²) in [6, 6.07) is 9.52. The van der Waals surface area contributed by atoms with Crippen LogP contribution in [0.2, 0.25) is 0 Å². The minimum atomic E-state index is -0.993. The van der Waals surface area contributed by atoms with E-state index in [1.165, 1.54) is 0 Å². The molecule has 0 radical (unpaired) electrons. The van der Waals surface area contributed by atoms with Gasteiger partial charge in [-0.2, -0.15) is 0 Å². The smallest absolute Gasteiger partial charge is 0.310 e. The van der Waals surface area contributed by atoms with Gasteiger partial charge in [0.15, 0.2) is 0 Å². The number of aliphatic carboxylic acids is 1. The SMILES string of the molecule is C[C@@]12C=C[C@@H](O1)[C@@H](C(=O)O)[C@H]2C(=O)NCc1ccccc1. The monoisotopic (exact) mass is 287 g/mol. The maximum atomic E-state index is 12.4. The summed E-state index contributed by atoms with van der Waals surface area (Å²) in [5, 5.41) is 12.2. The zero-order valence-corrected chi connectivity index (χ0v) is 11.7. The van der Waals surface area contributed by atoms with E-state index in [1.54, 1.807) is 19.1 Å². The zero-order valence-electron chi connectivity index (χ0n) is 11.7. The normalized spacial score (nSPS) is 33.1. The summed E-state index contributed by atoms with van der Waals surface area (Å²) >= 11 is 0. The van der Waals surface area contributed by atoms with Crippen molar-refractivity contribution in [3.63, 3.8) is 0 Å². The van der Waals surface area contributed by atoms with Crippen LogP contribution < -0.4 is 5.32 Å². The average molecular weight is 287 g/mol. The number of carboxylic acids is 1. The Morgan fingerprint density at radius 1 is 1.33 bits per heavy atom. The van der Waals surface area contributed by atoms with Crippen LogP contribution in [0, 0.1) is 11.8 Å². The van der Waals surface area contributed by atoms with Crippen LogP contribution in [0.5, 0.6) is 0 Å². The van der Waals surface area contributed by atoms with Crippen LogP contribution in [0.4, 0.5) is 0 Å². The molecule has 0 saturated carbocycles. The minimum absolute atomic E-state index is 0.277. The molecule has 0 spiro atoms. The summed E-state index contributed by atoms with van der Waals surface area (Å²) in [5.41, 5.74) is 0.150. The Hall–Kier alpha value is -2.14. The first-order valence-electron chi connectivity index (χ1n) is 6.93. The van der Waals surface area contributed by atoms with Gasteiger partial charge in [-0.1, -0.05) is 42.5 Å². The number of carbonyl (C=O) groups is 2. The third-order valence-electron chi connectivity index (χ3n) is 4.21. The highest BCUT2D eigenvalue weighted by Crippen LogP contribution is 2.47.